The number of hydrogen-bond donors (Lipinski definition) is 1. The number of rotatable bonds is 1. The number of phenolic OH excluding ortho intramolecular Hbond substituents is 1. The summed E-state index contributed by atoms with van der Waals surface area (Å²) in [6.07, 6.45) is 0. The number of fused-ring (bicyclic) bond motifs is 1. The van der Waals surface area contributed by atoms with Crippen LogP contribution >= 0.6 is 11.3 Å². The van der Waals surface area contributed by atoms with Gasteiger partial charge in [0.1, 0.15) is 5.75 Å². The highest BCUT2D eigenvalue weighted by molar-refractivity contribution is 7.18. The van der Waals surface area contributed by atoms with Gasteiger partial charge in [0.25, 0.3) is 0 Å². The highest BCUT2D eigenvalue weighted by atomic mass is 32.1. The quantitative estimate of drug-likeness (QED) is 0.821. The molecule has 3 rings (SSSR count). The number of thiazole rings is 1. The number of benzene rings is 1. The van der Waals surface area contributed by atoms with E-state index in [0.717, 1.165) is 20.7 Å². The van der Waals surface area contributed by atoms with E-state index in [2.05, 4.69) is 4.98 Å². The molecule has 2 heterocycles. The molecule has 6 heteroatoms. The smallest absolute Gasteiger partial charge is 0.497 e. The number of aryl methyl sites for hydroxylation is 1. The van der Waals surface area contributed by atoms with Crippen molar-refractivity contribution in [2.45, 2.75) is 45.8 Å². The van der Waals surface area contributed by atoms with Crippen LogP contribution in [0.25, 0.3) is 10.2 Å². The minimum Gasteiger partial charge on any atom is -0.508 e. The Morgan fingerprint density at radius 1 is 1.15 bits per heavy atom. The zero-order chi connectivity index (χ0) is 14.7. The number of nitrogens with zero attached hydrogens (tertiary/aromatic N) is 1. The average molecular weight is 291 g/mol. The Morgan fingerprint density at radius 3 is 2.35 bits per heavy atom. The van der Waals surface area contributed by atoms with E-state index in [0.29, 0.717) is 0 Å². The van der Waals surface area contributed by atoms with Crippen molar-refractivity contribution in [2.24, 2.45) is 0 Å². The van der Waals surface area contributed by atoms with Crippen LogP contribution in [0.15, 0.2) is 12.1 Å². The topological polar surface area (TPSA) is 51.6 Å². The summed E-state index contributed by atoms with van der Waals surface area (Å²) in [5.74, 6) is 0.214. The van der Waals surface area contributed by atoms with Crippen molar-refractivity contribution in [1.29, 1.82) is 0 Å². The molecule has 1 N–H and O–H groups in total. The second-order valence-electron chi connectivity index (χ2n) is 6.20. The summed E-state index contributed by atoms with van der Waals surface area (Å²) in [6, 6.07) is 3.42. The molecule has 0 radical (unpaired) electrons. The largest absolute Gasteiger partial charge is 0.508 e. The summed E-state index contributed by atoms with van der Waals surface area (Å²) >= 11 is 1.56. The van der Waals surface area contributed by atoms with Gasteiger partial charge < -0.3 is 14.4 Å². The van der Waals surface area contributed by atoms with E-state index in [1.165, 1.54) is 0 Å². The molecule has 0 unspecified atom stereocenters. The predicted octanol–water partition coefficient (Wildman–Crippen LogP) is 2.61. The Balaban J connectivity index is 2.12. The summed E-state index contributed by atoms with van der Waals surface area (Å²) in [5, 5.41) is 10.9. The summed E-state index contributed by atoms with van der Waals surface area (Å²) in [6.45, 7) is 10.0. The molecule has 1 aliphatic rings. The molecular formula is C14H18BNO3S. The van der Waals surface area contributed by atoms with Crippen LogP contribution in [0.2, 0.25) is 0 Å². The maximum absolute atomic E-state index is 9.91. The lowest BCUT2D eigenvalue weighted by Crippen LogP contribution is -2.41. The molecule has 2 aromatic rings. The lowest BCUT2D eigenvalue weighted by Gasteiger charge is -2.32. The van der Waals surface area contributed by atoms with Crippen LogP contribution in [-0.2, 0) is 9.31 Å². The van der Waals surface area contributed by atoms with Gasteiger partial charge in [-0.25, -0.2) is 4.98 Å². The van der Waals surface area contributed by atoms with Crippen LogP contribution in [0.1, 0.15) is 32.7 Å². The van der Waals surface area contributed by atoms with E-state index in [9.17, 15) is 5.11 Å². The maximum atomic E-state index is 9.91. The zero-order valence-electron chi connectivity index (χ0n) is 12.4. The molecule has 0 saturated carbocycles. The summed E-state index contributed by atoms with van der Waals surface area (Å²) < 4.78 is 13.1. The maximum Gasteiger partial charge on any atom is 0.497 e. The molecule has 0 spiro atoms. The fraction of sp³-hybridized carbons (Fsp3) is 0.500. The standard InChI is InChI=1S/C14H18BNO3S/c1-8-16-12-10(6-9(17)7-11(12)20-8)15-18-13(2,3)14(4,5)19-15/h6-7,17H,1-5H3. The van der Waals surface area contributed by atoms with Crippen LogP contribution in [0.4, 0.5) is 0 Å². The third-order valence-electron chi connectivity index (χ3n) is 4.12. The van der Waals surface area contributed by atoms with Gasteiger partial charge in [-0.05, 0) is 46.8 Å². The fourth-order valence-electron chi connectivity index (χ4n) is 2.30. The van der Waals surface area contributed by atoms with Crippen molar-refractivity contribution in [1.82, 2.24) is 4.98 Å². The summed E-state index contributed by atoms with van der Waals surface area (Å²) in [7, 11) is -0.504. The predicted molar refractivity (Wildman–Crippen MR) is 81.7 cm³/mol. The van der Waals surface area contributed by atoms with Gasteiger partial charge in [0.2, 0.25) is 0 Å². The molecular weight excluding hydrogens is 273 g/mol. The van der Waals surface area contributed by atoms with Crippen LogP contribution < -0.4 is 5.46 Å². The SMILES string of the molecule is Cc1nc2c(B3OC(C)(C)C(C)(C)O3)cc(O)cc2s1. The van der Waals surface area contributed by atoms with Gasteiger partial charge in [0.15, 0.2) is 0 Å². The minimum absolute atomic E-state index is 0.214. The van der Waals surface area contributed by atoms with Crippen LogP contribution in [0.5, 0.6) is 5.75 Å². The molecule has 4 nitrogen and oxygen atoms in total. The normalized spacial score (nSPS) is 20.8. The van der Waals surface area contributed by atoms with Crippen molar-refractivity contribution in [3.8, 4) is 5.75 Å². The van der Waals surface area contributed by atoms with Gasteiger partial charge in [-0.1, -0.05) is 0 Å². The Kier molecular flexibility index (Phi) is 2.91. The van der Waals surface area contributed by atoms with Crippen molar-refractivity contribution in [2.75, 3.05) is 0 Å². The molecule has 20 heavy (non-hydrogen) atoms. The second kappa shape index (κ2) is 4.19. The minimum atomic E-state index is -0.504. The van der Waals surface area contributed by atoms with E-state index in [-0.39, 0.29) is 5.75 Å². The van der Waals surface area contributed by atoms with Crippen molar-refractivity contribution < 1.29 is 14.4 Å². The first-order valence-electron chi connectivity index (χ1n) is 6.65. The van der Waals surface area contributed by atoms with Gasteiger partial charge in [-0.3, -0.25) is 0 Å². The van der Waals surface area contributed by atoms with Crippen LogP contribution in [0, 0.1) is 6.92 Å². The third-order valence-corrected chi connectivity index (χ3v) is 5.04. The Labute approximate surface area is 122 Å². The first-order chi connectivity index (χ1) is 9.19. The Hall–Kier alpha value is -1.11. The molecule has 1 aromatic heterocycles. The fourth-order valence-corrected chi connectivity index (χ4v) is 3.20. The average Bonchev–Trinajstić information content (AvgIpc) is 2.75. The van der Waals surface area contributed by atoms with Crippen LogP contribution in [0.3, 0.4) is 0 Å². The van der Waals surface area contributed by atoms with Gasteiger partial charge in [0, 0.05) is 5.46 Å². The lowest BCUT2D eigenvalue weighted by molar-refractivity contribution is 0.00578. The molecule has 1 saturated heterocycles. The monoisotopic (exact) mass is 291 g/mol. The van der Waals surface area contributed by atoms with Crippen molar-refractivity contribution in [3.05, 3.63) is 17.1 Å². The highest BCUT2D eigenvalue weighted by Gasteiger charge is 2.52. The number of phenols is 1. The molecule has 106 valence electrons. The number of hydrogen-bond acceptors (Lipinski definition) is 5. The van der Waals surface area contributed by atoms with Gasteiger partial charge in [-0.15, -0.1) is 11.3 Å². The first kappa shape index (κ1) is 13.9. The lowest BCUT2D eigenvalue weighted by atomic mass is 9.78. The van der Waals surface area contributed by atoms with E-state index < -0.39 is 18.3 Å². The Bertz CT molecular complexity index is 664. The molecule has 0 aliphatic carbocycles. The van der Waals surface area contributed by atoms with Gasteiger partial charge in [-0.2, -0.15) is 0 Å². The van der Waals surface area contributed by atoms with E-state index in [1.807, 2.05) is 34.6 Å². The molecule has 1 aromatic carbocycles. The van der Waals surface area contributed by atoms with Crippen LogP contribution in [-0.4, -0.2) is 28.4 Å². The first-order valence-corrected chi connectivity index (χ1v) is 7.47. The second-order valence-corrected chi connectivity index (χ2v) is 7.44. The van der Waals surface area contributed by atoms with Crippen molar-refractivity contribution in [3.63, 3.8) is 0 Å². The van der Waals surface area contributed by atoms with Gasteiger partial charge >= 0.3 is 7.12 Å². The molecule has 1 fully saturated rings. The number of aromatic hydroxyl groups is 1. The Morgan fingerprint density at radius 2 is 1.75 bits per heavy atom. The highest BCUT2D eigenvalue weighted by Crippen LogP contribution is 2.37. The molecule has 1 aliphatic heterocycles. The molecule has 0 amide bonds. The summed E-state index contributed by atoms with van der Waals surface area (Å²) in [4.78, 5) is 4.54. The van der Waals surface area contributed by atoms with Gasteiger partial charge in [0.05, 0.1) is 26.4 Å². The molecule has 0 atom stereocenters. The van der Waals surface area contributed by atoms with E-state index >= 15 is 0 Å². The van der Waals surface area contributed by atoms with Crippen molar-refractivity contribution >= 4 is 34.1 Å². The number of aromatic nitrogens is 1. The zero-order valence-corrected chi connectivity index (χ0v) is 13.2. The summed E-state index contributed by atoms with van der Waals surface area (Å²) in [5.41, 5.74) is 0.841. The van der Waals surface area contributed by atoms with E-state index in [4.69, 9.17) is 9.31 Å². The van der Waals surface area contributed by atoms with E-state index in [1.54, 1.807) is 23.5 Å². The molecule has 0 bridgehead atoms. The third kappa shape index (κ3) is 2.03.